The van der Waals surface area contributed by atoms with Crippen LogP contribution < -0.4 is 5.73 Å². The summed E-state index contributed by atoms with van der Waals surface area (Å²) in [5.74, 6) is 0. The molecule has 0 saturated carbocycles. The van der Waals surface area contributed by atoms with Crippen molar-refractivity contribution in [3.8, 4) is 0 Å². The molecule has 0 spiro atoms. The standard InChI is InChI=1S/C13H16F3N/c14-13(15,16)8-12(17)11-6-5-9-3-1-2-4-10(9)7-11/h5-7,12H,1-4,8,17H2. The van der Waals surface area contributed by atoms with E-state index in [4.69, 9.17) is 5.73 Å². The first kappa shape index (κ1) is 12.4. The largest absolute Gasteiger partial charge is 0.390 e. The van der Waals surface area contributed by atoms with E-state index in [1.807, 2.05) is 12.1 Å². The number of halogens is 3. The minimum atomic E-state index is -4.20. The molecule has 1 atom stereocenters. The van der Waals surface area contributed by atoms with Gasteiger partial charge in [0.15, 0.2) is 0 Å². The van der Waals surface area contributed by atoms with Crippen LogP contribution >= 0.6 is 0 Å². The summed E-state index contributed by atoms with van der Waals surface area (Å²) in [6.07, 6.45) is -0.876. The second kappa shape index (κ2) is 4.69. The van der Waals surface area contributed by atoms with Crippen LogP contribution in [0.2, 0.25) is 0 Å². The summed E-state index contributed by atoms with van der Waals surface area (Å²) in [5.41, 5.74) is 8.63. The van der Waals surface area contributed by atoms with E-state index in [2.05, 4.69) is 0 Å². The van der Waals surface area contributed by atoms with Crippen LogP contribution in [0, 0.1) is 0 Å². The van der Waals surface area contributed by atoms with Gasteiger partial charge >= 0.3 is 6.18 Å². The molecule has 1 aromatic rings. The Morgan fingerprint density at radius 2 is 1.76 bits per heavy atom. The summed E-state index contributed by atoms with van der Waals surface area (Å²) in [6.45, 7) is 0. The van der Waals surface area contributed by atoms with E-state index in [1.54, 1.807) is 6.07 Å². The summed E-state index contributed by atoms with van der Waals surface area (Å²) in [7, 11) is 0. The van der Waals surface area contributed by atoms with Crippen LogP contribution in [-0.4, -0.2) is 6.18 Å². The van der Waals surface area contributed by atoms with E-state index >= 15 is 0 Å². The van der Waals surface area contributed by atoms with E-state index < -0.39 is 18.6 Å². The highest BCUT2D eigenvalue weighted by Gasteiger charge is 2.31. The number of aryl methyl sites for hydroxylation is 2. The Kier molecular flexibility index (Phi) is 3.43. The van der Waals surface area contributed by atoms with Gasteiger partial charge in [-0.2, -0.15) is 13.2 Å². The number of fused-ring (bicyclic) bond motifs is 1. The molecule has 0 bridgehead atoms. The van der Waals surface area contributed by atoms with E-state index in [0.29, 0.717) is 5.56 Å². The Morgan fingerprint density at radius 1 is 1.12 bits per heavy atom. The second-order valence-electron chi connectivity index (χ2n) is 4.66. The monoisotopic (exact) mass is 243 g/mol. The van der Waals surface area contributed by atoms with Crippen molar-refractivity contribution in [1.29, 1.82) is 0 Å². The molecule has 1 unspecified atom stereocenters. The molecule has 17 heavy (non-hydrogen) atoms. The van der Waals surface area contributed by atoms with E-state index in [1.165, 1.54) is 17.5 Å². The number of benzene rings is 1. The highest BCUT2D eigenvalue weighted by molar-refractivity contribution is 5.35. The predicted octanol–water partition coefficient (Wildman–Crippen LogP) is 3.52. The molecule has 0 radical (unpaired) electrons. The molecule has 1 aliphatic carbocycles. The Hall–Kier alpha value is -1.03. The quantitative estimate of drug-likeness (QED) is 0.845. The summed E-state index contributed by atoms with van der Waals surface area (Å²) >= 11 is 0. The molecule has 2 rings (SSSR count). The van der Waals surface area contributed by atoms with Gasteiger partial charge in [-0.1, -0.05) is 18.2 Å². The Balaban J connectivity index is 2.16. The normalized spacial score (nSPS) is 17.6. The van der Waals surface area contributed by atoms with Crippen LogP contribution in [-0.2, 0) is 12.8 Å². The highest BCUT2D eigenvalue weighted by Crippen LogP contribution is 2.30. The van der Waals surface area contributed by atoms with E-state index in [0.717, 1.165) is 19.3 Å². The average molecular weight is 243 g/mol. The van der Waals surface area contributed by atoms with Crippen LogP contribution in [0.1, 0.15) is 42.0 Å². The molecule has 0 aromatic heterocycles. The Bertz CT molecular complexity index is 398. The summed E-state index contributed by atoms with van der Waals surface area (Å²) in [5, 5.41) is 0. The van der Waals surface area contributed by atoms with Gasteiger partial charge in [0.25, 0.3) is 0 Å². The first-order valence-corrected chi connectivity index (χ1v) is 5.90. The van der Waals surface area contributed by atoms with Crippen molar-refractivity contribution < 1.29 is 13.2 Å². The first-order chi connectivity index (χ1) is 7.96. The zero-order chi connectivity index (χ0) is 12.5. The molecule has 0 aliphatic heterocycles. The van der Waals surface area contributed by atoms with Gasteiger partial charge in [-0.25, -0.2) is 0 Å². The lowest BCUT2D eigenvalue weighted by Crippen LogP contribution is -2.20. The number of alkyl halides is 3. The van der Waals surface area contributed by atoms with Crippen molar-refractivity contribution in [1.82, 2.24) is 0 Å². The molecule has 2 N–H and O–H groups in total. The number of hydrogen-bond acceptors (Lipinski definition) is 1. The molecule has 1 nitrogen and oxygen atoms in total. The maximum atomic E-state index is 12.3. The Morgan fingerprint density at radius 3 is 2.41 bits per heavy atom. The highest BCUT2D eigenvalue weighted by atomic mass is 19.4. The van der Waals surface area contributed by atoms with Gasteiger partial charge in [0, 0.05) is 6.04 Å². The third-order valence-electron chi connectivity index (χ3n) is 3.25. The van der Waals surface area contributed by atoms with Gasteiger partial charge in [-0.3, -0.25) is 0 Å². The van der Waals surface area contributed by atoms with Crippen LogP contribution in [0.3, 0.4) is 0 Å². The zero-order valence-corrected chi connectivity index (χ0v) is 9.56. The molecular weight excluding hydrogens is 227 g/mol. The minimum absolute atomic E-state index is 0.600. The maximum Gasteiger partial charge on any atom is 0.390 e. The lowest BCUT2D eigenvalue weighted by Gasteiger charge is -2.20. The molecule has 4 heteroatoms. The molecule has 0 amide bonds. The van der Waals surface area contributed by atoms with Gasteiger partial charge in [0.1, 0.15) is 0 Å². The van der Waals surface area contributed by atoms with Gasteiger partial charge in [-0.05, 0) is 42.4 Å². The number of hydrogen-bond donors (Lipinski definition) is 1. The predicted molar refractivity (Wildman–Crippen MR) is 60.7 cm³/mol. The second-order valence-corrected chi connectivity index (χ2v) is 4.66. The van der Waals surface area contributed by atoms with Crippen molar-refractivity contribution in [3.63, 3.8) is 0 Å². The third-order valence-corrected chi connectivity index (χ3v) is 3.25. The maximum absolute atomic E-state index is 12.3. The molecule has 1 aromatic carbocycles. The SMILES string of the molecule is NC(CC(F)(F)F)c1ccc2c(c1)CCCC2. The molecule has 0 saturated heterocycles. The molecular formula is C13H16F3N. The van der Waals surface area contributed by atoms with Crippen LogP contribution in [0.5, 0.6) is 0 Å². The zero-order valence-electron chi connectivity index (χ0n) is 9.56. The van der Waals surface area contributed by atoms with Crippen molar-refractivity contribution in [2.75, 3.05) is 0 Å². The topological polar surface area (TPSA) is 26.0 Å². The van der Waals surface area contributed by atoms with Crippen LogP contribution in [0.4, 0.5) is 13.2 Å². The van der Waals surface area contributed by atoms with Gasteiger partial charge in [0.2, 0.25) is 0 Å². The fraction of sp³-hybridized carbons (Fsp3) is 0.538. The first-order valence-electron chi connectivity index (χ1n) is 5.90. The molecule has 94 valence electrons. The summed E-state index contributed by atoms with van der Waals surface area (Å²) in [4.78, 5) is 0. The Labute approximate surface area is 98.8 Å². The van der Waals surface area contributed by atoms with Crippen molar-refractivity contribution in [2.45, 2.75) is 44.3 Å². The fourth-order valence-electron chi connectivity index (χ4n) is 2.35. The van der Waals surface area contributed by atoms with E-state index in [-0.39, 0.29) is 0 Å². The van der Waals surface area contributed by atoms with E-state index in [9.17, 15) is 13.2 Å². The minimum Gasteiger partial charge on any atom is -0.324 e. The van der Waals surface area contributed by atoms with Gasteiger partial charge < -0.3 is 5.73 Å². The van der Waals surface area contributed by atoms with Crippen molar-refractivity contribution >= 4 is 0 Å². The fourth-order valence-corrected chi connectivity index (χ4v) is 2.35. The summed E-state index contributed by atoms with van der Waals surface area (Å²) in [6, 6.07) is 4.58. The average Bonchev–Trinajstić information content (AvgIpc) is 2.26. The van der Waals surface area contributed by atoms with Gasteiger partial charge in [0.05, 0.1) is 6.42 Å². The van der Waals surface area contributed by atoms with Gasteiger partial charge in [-0.15, -0.1) is 0 Å². The summed E-state index contributed by atoms with van der Waals surface area (Å²) < 4.78 is 36.8. The third kappa shape index (κ3) is 3.22. The number of nitrogens with two attached hydrogens (primary N) is 1. The van der Waals surface area contributed by atoms with Crippen LogP contribution in [0.15, 0.2) is 18.2 Å². The molecule has 0 heterocycles. The van der Waals surface area contributed by atoms with Crippen molar-refractivity contribution in [3.05, 3.63) is 34.9 Å². The smallest absolute Gasteiger partial charge is 0.324 e. The van der Waals surface area contributed by atoms with Crippen molar-refractivity contribution in [2.24, 2.45) is 5.73 Å². The van der Waals surface area contributed by atoms with Crippen LogP contribution in [0.25, 0.3) is 0 Å². The lowest BCUT2D eigenvalue weighted by atomic mass is 9.89. The molecule has 1 aliphatic rings. The number of rotatable bonds is 2. The lowest BCUT2D eigenvalue weighted by molar-refractivity contribution is -0.138. The molecule has 0 fully saturated rings.